The van der Waals surface area contributed by atoms with Gasteiger partial charge in [-0.15, -0.1) is 0 Å². The van der Waals surface area contributed by atoms with Crippen molar-refractivity contribution < 1.29 is 9.53 Å². The molecule has 0 radical (unpaired) electrons. The minimum atomic E-state index is -0.192. The maximum Gasteiger partial charge on any atom is 0.257 e. The fourth-order valence-electron chi connectivity index (χ4n) is 3.52. The van der Waals surface area contributed by atoms with E-state index in [1.54, 1.807) is 0 Å². The summed E-state index contributed by atoms with van der Waals surface area (Å²) in [4.78, 5) is 19.5. The number of rotatable bonds is 4. The molecule has 1 amide bonds. The quantitative estimate of drug-likeness (QED) is 0.852. The number of nitrogens with zero attached hydrogens (tertiary/aromatic N) is 5. The second kappa shape index (κ2) is 7.00. The highest BCUT2D eigenvalue weighted by Gasteiger charge is 2.31. The van der Waals surface area contributed by atoms with Gasteiger partial charge in [0.1, 0.15) is 11.9 Å². The molecular weight excluding hydrogens is 318 g/mol. The van der Waals surface area contributed by atoms with Gasteiger partial charge in [-0.2, -0.15) is 5.10 Å². The zero-order valence-electron chi connectivity index (χ0n) is 15.7. The smallest absolute Gasteiger partial charge is 0.257 e. The maximum atomic E-state index is 13.1. The van der Waals surface area contributed by atoms with Gasteiger partial charge in [-0.1, -0.05) is 6.92 Å². The van der Waals surface area contributed by atoms with Crippen LogP contribution in [0.15, 0.2) is 6.20 Å². The molecule has 25 heavy (non-hydrogen) atoms. The zero-order valence-corrected chi connectivity index (χ0v) is 15.7. The van der Waals surface area contributed by atoms with E-state index in [9.17, 15) is 4.79 Å². The Morgan fingerprint density at radius 1 is 1.36 bits per heavy atom. The first kappa shape index (κ1) is 17.7. The van der Waals surface area contributed by atoms with Crippen molar-refractivity contribution in [3.8, 4) is 0 Å². The van der Waals surface area contributed by atoms with Crippen molar-refractivity contribution in [2.24, 2.45) is 7.05 Å². The van der Waals surface area contributed by atoms with Crippen LogP contribution in [0.5, 0.6) is 0 Å². The molecule has 2 aromatic rings. The van der Waals surface area contributed by atoms with Gasteiger partial charge in [0, 0.05) is 32.0 Å². The van der Waals surface area contributed by atoms with Crippen LogP contribution in [0.3, 0.4) is 0 Å². The Hall–Kier alpha value is -2.15. The molecule has 1 fully saturated rings. The van der Waals surface area contributed by atoms with Crippen LogP contribution in [-0.2, 0) is 18.3 Å². The number of amides is 1. The third-order valence-corrected chi connectivity index (χ3v) is 4.71. The maximum absolute atomic E-state index is 13.1. The normalized spacial score (nSPS) is 18.0. The van der Waals surface area contributed by atoms with E-state index in [1.165, 1.54) is 0 Å². The highest BCUT2D eigenvalue weighted by atomic mass is 16.5. The van der Waals surface area contributed by atoms with Crippen LogP contribution in [0.2, 0.25) is 0 Å². The van der Waals surface area contributed by atoms with E-state index >= 15 is 0 Å². The molecule has 0 spiro atoms. The highest BCUT2D eigenvalue weighted by molar-refractivity contribution is 5.96. The molecule has 1 aliphatic rings. The average Bonchev–Trinajstić information content (AvgIpc) is 3.06. The van der Waals surface area contributed by atoms with Crippen molar-refractivity contribution in [3.63, 3.8) is 0 Å². The van der Waals surface area contributed by atoms with Crippen molar-refractivity contribution in [3.05, 3.63) is 34.7 Å². The van der Waals surface area contributed by atoms with E-state index in [-0.39, 0.29) is 12.0 Å². The predicted octanol–water partition coefficient (Wildman–Crippen LogP) is 2.17. The van der Waals surface area contributed by atoms with E-state index in [0.717, 1.165) is 41.4 Å². The average molecular weight is 345 g/mol. The molecule has 2 aromatic heterocycles. The van der Waals surface area contributed by atoms with Crippen LogP contribution in [0.25, 0.3) is 0 Å². The van der Waals surface area contributed by atoms with E-state index < -0.39 is 0 Å². The third kappa shape index (κ3) is 3.33. The van der Waals surface area contributed by atoms with Gasteiger partial charge >= 0.3 is 0 Å². The molecule has 0 N–H and O–H groups in total. The van der Waals surface area contributed by atoms with Crippen molar-refractivity contribution in [1.82, 2.24) is 24.2 Å². The standard InChI is InChI=1S/C18H27N5O2/c1-6-7-23-14(4)16(13(3)20-23)18(24)22-8-9-25-15(11-22)17-19-12(2)10-21(17)5/h10,15H,6-9,11H2,1-5H3/t15-/m0/s1. The van der Waals surface area contributed by atoms with Crippen molar-refractivity contribution in [2.45, 2.75) is 46.8 Å². The molecule has 0 saturated carbocycles. The lowest BCUT2D eigenvalue weighted by Crippen LogP contribution is -2.43. The number of ether oxygens (including phenoxy) is 1. The Morgan fingerprint density at radius 2 is 2.12 bits per heavy atom. The van der Waals surface area contributed by atoms with Crippen LogP contribution in [0.4, 0.5) is 0 Å². The van der Waals surface area contributed by atoms with Crippen molar-refractivity contribution in [2.75, 3.05) is 19.7 Å². The van der Waals surface area contributed by atoms with Gasteiger partial charge in [0.25, 0.3) is 5.91 Å². The number of imidazole rings is 1. The summed E-state index contributed by atoms with van der Waals surface area (Å²) in [6, 6.07) is 0. The van der Waals surface area contributed by atoms with E-state index in [1.807, 2.05) is 48.2 Å². The van der Waals surface area contributed by atoms with Crippen LogP contribution in [-0.4, -0.2) is 49.8 Å². The van der Waals surface area contributed by atoms with Crippen LogP contribution in [0, 0.1) is 20.8 Å². The van der Waals surface area contributed by atoms with Gasteiger partial charge in [-0.3, -0.25) is 9.48 Å². The molecule has 0 aliphatic carbocycles. The van der Waals surface area contributed by atoms with E-state index in [4.69, 9.17) is 4.74 Å². The second-order valence-electron chi connectivity index (χ2n) is 6.73. The van der Waals surface area contributed by atoms with Gasteiger partial charge in [-0.25, -0.2) is 4.98 Å². The van der Waals surface area contributed by atoms with Crippen LogP contribution < -0.4 is 0 Å². The minimum absolute atomic E-state index is 0.0385. The molecule has 0 bridgehead atoms. The SMILES string of the molecule is CCCn1nc(C)c(C(=O)N2CCO[C@H](c3nc(C)cn3C)C2)c1C. The number of carbonyl (C=O) groups is 1. The Bertz CT molecular complexity index is 777. The summed E-state index contributed by atoms with van der Waals surface area (Å²) in [5, 5.41) is 4.53. The second-order valence-corrected chi connectivity index (χ2v) is 6.73. The lowest BCUT2D eigenvalue weighted by molar-refractivity contribution is -0.0280. The number of hydrogen-bond donors (Lipinski definition) is 0. The highest BCUT2D eigenvalue weighted by Crippen LogP contribution is 2.24. The van der Waals surface area contributed by atoms with Gasteiger partial charge in [0.2, 0.25) is 0 Å². The topological polar surface area (TPSA) is 65.2 Å². The lowest BCUT2D eigenvalue weighted by Gasteiger charge is -2.32. The van der Waals surface area contributed by atoms with E-state index in [0.29, 0.717) is 19.7 Å². The zero-order chi connectivity index (χ0) is 18.1. The number of aryl methyl sites for hydroxylation is 4. The summed E-state index contributed by atoms with van der Waals surface area (Å²) in [5.41, 5.74) is 3.43. The van der Waals surface area contributed by atoms with Crippen molar-refractivity contribution in [1.29, 1.82) is 0 Å². The fourth-order valence-corrected chi connectivity index (χ4v) is 3.52. The van der Waals surface area contributed by atoms with Gasteiger partial charge in [0.05, 0.1) is 30.1 Å². The lowest BCUT2D eigenvalue weighted by atomic mass is 10.1. The van der Waals surface area contributed by atoms with Gasteiger partial charge in [-0.05, 0) is 27.2 Å². The number of hydrogen-bond acceptors (Lipinski definition) is 4. The summed E-state index contributed by atoms with van der Waals surface area (Å²) in [6.45, 7) is 10.4. The Morgan fingerprint density at radius 3 is 2.76 bits per heavy atom. The molecule has 136 valence electrons. The minimum Gasteiger partial charge on any atom is -0.367 e. The molecule has 7 heteroatoms. The summed E-state index contributed by atoms with van der Waals surface area (Å²) in [7, 11) is 1.96. The Balaban J connectivity index is 1.82. The Labute approximate surface area is 148 Å². The van der Waals surface area contributed by atoms with Crippen molar-refractivity contribution >= 4 is 5.91 Å². The monoisotopic (exact) mass is 345 g/mol. The van der Waals surface area contributed by atoms with Gasteiger partial charge < -0.3 is 14.2 Å². The molecule has 1 atom stereocenters. The molecule has 3 heterocycles. The fraction of sp³-hybridized carbons (Fsp3) is 0.611. The first-order valence-corrected chi connectivity index (χ1v) is 8.87. The molecule has 7 nitrogen and oxygen atoms in total. The molecule has 1 saturated heterocycles. The Kier molecular flexibility index (Phi) is 4.94. The summed E-state index contributed by atoms with van der Waals surface area (Å²) < 4.78 is 9.79. The third-order valence-electron chi connectivity index (χ3n) is 4.71. The number of morpholine rings is 1. The van der Waals surface area contributed by atoms with E-state index in [2.05, 4.69) is 17.0 Å². The van der Waals surface area contributed by atoms with Crippen LogP contribution in [0.1, 0.15) is 52.7 Å². The molecule has 0 aromatic carbocycles. The number of carbonyl (C=O) groups excluding carboxylic acids is 1. The predicted molar refractivity (Wildman–Crippen MR) is 94.5 cm³/mol. The summed E-state index contributed by atoms with van der Waals surface area (Å²) >= 11 is 0. The molecular formula is C18H27N5O2. The van der Waals surface area contributed by atoms with Crippen LogP contribution >= 0.6 is 0 Å². The molecule has 3 rings (SSSR count). The summed E-state index contributed by atoms with van der Waals surface area (Å²) in [5.74, 6) is 0.904. The first-order chi connectivity index (χ1) is 11.9. The molecule has 1 aliphatic heterocycles. The largest absolute Gasteiger partial charge is 0.367 e. The van der Waals surface area contributed by atoms with Gasteiger partial charge in [0.15, 0.2) is 0 Å². The summed E-state index contributed by atoms with van der Waals surface area (Å²) in [6.07, 6.45) is 2.78. The first-order valence-electron chi connectivity index (χ1n) is 8.87. The number of aromatic nitrogens is 4. The molecule has 0 unspecified atom stereocenters.